The van der Waals surface area contributed by atoms with Crippen molar-refractivity contribution in [3.63, 3.8) is 0 Å². The molecule has 0 aromatic heterocycles. The van der Waals surface area contributed by atoms with Crippen molar-refractivity contribution in [3.05, 3.63) is 24.3 Å². The Morgan fingerprint density at radius 3 is 2.15 bits per heavy atom. The van der Waals surface area contributed by atoms with E-state index in [0.29, 0.717) is 0 Å². The van der Waals surface area contributed by atoms with Gasteiger partial charge in [0.25, 0.3) is 0 Å². The molecule has 1 aromatic rings. The zero-order valence-electron chi connectivity index (χ0n) is 8.07. The number of methoxy groups -OCH3 is 1. The molecule has 0 radical (unpaired) electrons. The fourth-order valence-corrected chi connectivity index (χ4v) is 1.07. The number of ether oxygens (including phenoxy) is 1. The normalized spacial score (nSPS) is 7.85. The first-order chi connectivity index (χ1) is 6.36. The van der Waals surface area contributed by atoms with E-state index in [9.17, 15) is 0 Å². The summed E-state index contributed by atoms with van der Waals surface area (Å²) in [6, 6.07) is 7.37. The molecule has 0 saturated heterocycles. The smallest absolute Gasteiger partial charge is 0.138 e. The quantitative estimate of drug-likeness (QED) is 0.536. The molecule has 0 aliphatic heterocycles. The molecule has 0 heterocycles. The maximum absolute atomic E-state index is 8.33. The number of hydrogen-bond acceptors (Lipinski definition) is 3. The van der Waals surface area contributed by atoms with Crippen LogP contribution in [0.25, 0.3) is 0 Å². The van der Waals surface area contributed by atoms with E-state index in [-0.39, 0.29) is 0 Å². The van der Waals surface area contributed by atoms with Crippen molar-refractivity contribution < 1.29 is 4.74 Å². The minimum atomic E-state index is 0.812. The summed E-state index contributed by atoms with van der Waals surface area (Å²) in [7, 11) is 1.62. The molecule has 0 atom stereocenters. The van der Waals surface area contributed by atoms with Crippen LogP contribution in [0.1, 0.15) is 13.8 Å². The summed E-state index contributed by atoms with van der Waals surface area (Å²) in [6.45, 7) is 4.00. The molecule has 0 amide bonds. The molecular formula is C10H13NOS. The lowest BCUT2D eigenvalue weighted by molar-refractivity contribution is 0.414. The van der Waals surface area contributed by atoms with E-state index in [4.69, 9.17) is 10.00 Å². The van der Waals surface area contributed by atoms with Gasteiger partial charge in [-0.05, 0) is 36.0 Å². The maximum atomic E-state index is 8.33. The van der Waals surface area contributed by atoms with Crippen LogP contribution in [0.4, 0.5) is 0 Å². The third-order valence-electron chi connectivity index (χ3n) is 1.22. The van der Waals surface area contributed by atoms with Crippen LogP contribution in [-0.2, 0) is 0 Å². The van der Waals surface area contributed by atoms with Gasteiger partial charge in [-0.3, -0.25) is 0 Å². The Balaban J connectivity index is 0.000000671. The van der Waals surface area contributed by atoms with Crippen LogP contribution in [0.2, 0.25) is 0 Å². The molecule has 13 heavy (non-hydrogen) atoms. The van der Waals surface area contributed by atoms with E-state index < -0.39 is 0 Å². The molecule has 0 saturated carbocycles. The Hall–Kier alpha value is -1.14. The number of thiocyanates is 1. The molecule has 1 aromatic carbocycles. The first-order valence-electron chi connectivity index (χ1n) is 4.07. The van der Waals surface area contributed by atoms with Gasteiger partial charge in [-0.15, -0.1) is 0 Å². The van der Waals surface area contributed by atoms with Crippen molar-refractivity contribution in [2.45, 2.75) is 18.7 Å². The highest BCUT2D eigenvalue weighted by atomic mass is 32.2. The van der Waals surface area contributed by atoms with E-state index in [1.54, 1.807) is 7.11 Å². The van der Waals surface area contributed by atoms with Crippen LogP contribution in [0.5, 0.6) is 5.75 Å². The van der Waals surface area contributed by atoms with Gasteiger partial charge in [0.15, 0.2) is 0 Å². The van der Waals surface area contributed by atoms with E-state index in [2.05, 4.69) is 0 Å². The lowest BCUT2D eigenvalue weighted by Gasteiger charge is -1.97. The van der Waals surface area contributed by atoms with Gasteiger partial charge in [0.2, 0.25) is 0 Å². The highest BCUT2D eigenvalue weighted by Crippen LogP contribution is 2.19. The van der Waals surface area contributed by atoms with Gasteiger partial charge in [0, 0.05) is 4.90 Å². The molecule has 3 heteroatoms. The first kappa shape index (κ1) is 11.9. The molecule has 0 fully saturated rings. The molecule has 0 bridgehead atoms. The predicted octanol–water partition coefficient (Wildman–Crippen LogP) is 3.29. The van der Waals surface area contributed by atoms with Gasteiger partial charge in [-0.2, -0.15) is 5.26 Å². The summed E-state index contributed by atoms with van der Waals surface area (Å²) in [5.41, 5.74) is 0. The van der Waals surface area contributed by atoms with Gasteiger partial charge in [-0.25, -0.2) is 0 Å². The van der Waals surface area contributed by atoms with Crippen LogP contribution in [0.15, 0.2) is 29.2 Å². The van der Waals surface area contributed by atoms with E-state index in [0.717, 1.165) is 22.4 Å². The van der Waals surface area contributed by atoms with Crippen LogP contribution in [-0.4, -0.2) is 7.11 Å². The van der Waals surface area contributed by atoms with E-state index in [1.165, 1.54) is 0 Å². The standard InChI is InChI=1S/C8H7NOS.C2H6/c1-10-7-2-4-8(5-3-7)11-6-9;1-2/h2-5H,1H3;1-2H3. The highest BCUT2D eigenvalue weighted by Gasteiger charge is 1.92. The van der Waals surface area contributed by atoms with Gasteiger partial charge in [0.05, 0.1) is 7.11 Å². The fourth-order valence-electron chi connectivity index (χ4n) is 0.696. The van der Waals surface area contributed by atoms with Gasteiger partial charge in [-0.1, -0.05) is 13.8 Å². The molecule has 0 aliphatic rings. The van der Waals surface area contributed by atoms with Gasteiger partial charge in [0.1, 0.15) is 11.2 Å². The average Bonchev–Trinajstić information content (AvgIpc) is 2.23. The van der Waals surface area contributed by atoms with Gasteiger partial charge < -0.3 is 4.74 Å². The van der Waals surface area contributed by atoms with E-state index >= 15 is 0 Å². The zero-order chi connectivity index (χ0) is 10.1. The number of benzene rings is 1. The molecular weight excluding hydrogens is 182 g/mol. The van der Waals surface area contributed by atoms with Crippen molar-refractivity contribution in [1.82, 2.24) is 0 Å². The first-order valence-corrected chi connectivity index (χ1v) is 4.88. The lowest BCUT2D eigenvalue weighted by Crippen LogP contribution is -1.80. The van der Waals surface area contributed by atoms with Crippen molar-refractivity contribution >= 4 is 11.8 Å². The third-order valence-corrected chi connectivity index (χ3v) is 1.82. The van der Waals surface area contributed by atoms with E-state index in [1.807, 2.05) is 43.5 Å². The molecule has 70 valence electrons. The fraction of sp³-hybridized carbons (Fsp3) is 0.300. The Kier molecular flexibility index (Phi) is 6.85. The lowest BCUT2D eigenvalue weighted by atomic mass is 10.3. The highest BCUT2D eigenvalue weighted by molar-refractivity contribution is 8.03. The SMILES string of the molecule is CC.COc1ccc(SC#N)cc1. The van der Waals surface area contributed by atoms with Crippen LogP contribution >= 0.6 is 11.8 Å². The second kappa shape index (κ2) is 7.51. The number of hydrogen-bond donors (Lipinski definition) is 0. The molecule has 2 nitrogen and oxygen atoms in total. The monoisotopic (exact) mass is 195 g/mol. The van der Waals surface area contributed by atoms with Crippen molar-refractivity contribution in [2.75, 3.05) is 7.11 Å². The molecule has 1 rings (SSSR count). The second-order valence-corrected chi connectivity index (χ2v) is 2.73. The summed E-state index contributed by atoms with van der Waals surface area (Å²) in [4.78, 5) is 0.938. The van der Waals surface area contributed by atoms with Crippen LogP contribution in [0, 0.1) is 10.7 Å². The average molecular weight is 195 g/mol. The predicted molar refractivity (Wildman–Crippen MR) is 55.8 cm³/mol. The van der Waals surface area contributed by atoms with Crippen LogP contribution in [0.3, 0.4) is 0 Å². The summed E-state index contributed by atoms with van der Waals surface area (Å²) in [6.07, 6.45) is 0. The Bertz CT molecular complexity index is 263. The number of nitriles is 1. The maximum Gasteiger partial charge on any atom is 0.138 e. The Labute approximate surface area is 83.5 Å². The Morgan fingerprint density at radius 1 is 1.23 bits per heavy atom. The number of rotatable bonds is 2. The summed E-state index contributed by atoms with van der Waals surface area (Å²) in [5, 5.41) is 10.3. The van der Waals surface area contributed by atoms with Gasteiger partial charge >= 0.3 is 0 Å². The van der Waals surface area contributed by atoms with Crippen molar-refractivity contribution in [3.8, 4) is 11.2 Å². The largest absolute Gasteiger partial charge is 0.497 e. The molecule has 0 spiro atoms. The molecule has 0 aliphatic carbocycles. The minimum Gasteiger partial charge on any atom is -0.497 e. The summed E-state index contributed by atoms with van der Waals surface area (Å²) in [5.74, 6) is 0.812. The molecule has 0 unspecified atom stereocenters. The van der Waals surface area contributed by atoms with Crippen molar-refractivity contribution in [2.24, 2.45) is 0 Å². The zero-order valence-corrected chi connectivity index (χ0v) is 8.89. The minimum absolute atomic E-state index is 0.812. The number of thioether (sulfide) groups is 1. The Morgan fingerprint density at radius 2 is 1.77 bits per heavy atom. The topological polar surface area (TPSA) is 33.0 Å². The summed E-state index contributed by atoms with van der Waals surface area (Å²) >= 11 is 1.14. The number of nitrogens with zero attached hydrogens (tertiary/aromatic N) is 1. The third kappa shape index (κ3) is 4.44. The molecule has 0 N–H and O–H groups in total. The second-order valence-electron chi connectivity index (χ2n) is 1.87. The van der Waals surface area contributed by atoms with Crippen molar-refractivity contribution in [1.29, 1.82) is 5.26 Å². The summed E-state index contributed by atoms with van der Waals surface area (Å²) < 4.78 is 4.96. The van der Waals surface area contributed by atoms with Crippen LogP contribution < -0.4 is 4.74 Å².